The molecule has 2 atom stereocenters. The molecule has 3 N–H and O–H groups in total. The summed E-state index contributed by atoms with van der Waals surface area (Å²) < 4.78 is 15.7. The number of nitrogens with one attached hydrogen (secondary N) is 1. The number of H-pyrrole nitrogens is 1. The predicted octanol–water partition coefficient (Wildman–Crippen LogP) is 4.16. The zero-order valence-corrected chi connectivity index (χ0v) is 19.4. The molecule has 176 valence electrons. The van der Waals surface area contributed by atoms with E-state index in [1.807, 2.05) is 0 Å². The number of anilines is 2. The number of imidazole rings is 1. The third kappa shape index (κ3) is 3.40. The van der Waals surface area contributed by atoms with Crippen LogP contribution in [0, 0.1) is 5.82 Å². The van der Waals surface area contributed by atoms with Crippen molar-refractivity contribution in [2.45, 2.75) is 31.8 Å². The minimum absolute atomic E-state index is 0.0497. The first-order valence-electron chi connectivity index (χ1n) is 11.1. The summed E-state index contributed by atoms with van der Waals surface area (Å²) >= 11 is 6.40. The zero-order valence-electron chi connectivity index (χ0n) is 18.6. The topological polar surface area (TPSA) is 119 Å². The highest BCUT2D eigenvalue weighted by Crippen LogP contribution is 2.41. The molecule has 1 aliphatic heterocycles. The SMILES string of the molecule is C[C@H]1CC[C@@H](c2nc3cccc(Cl)c3c(=O)n2-c2cccc(F)c2)N1c1nc(N)nc2nc[nH]c12. The molecule has 5 aromatic rings. The molecule has 3 aromatic heterocycles. The molecule has 11 heteroatoms. The third-order valence-corrected chi connectivity index (χ3v) is 6.75. The quantitative estimate of drug-likeness (QED) is 0.390. The van der Waals surface area contributed by atoms with E-state index in [0.29, 0.717) is 40.4 Å². The summed E-state index contributed by atoms with van der Waals surface area (Å²) in [7, 11) is 0. The molecule has 0 aliphatic carbocycles. The molecule has 0 saturated carbocycles. The van der Waals surface area contributed by atoms with Gasteiger partial charge in [0.2, 0.25) is 5.95 Å². The molecule has 0 bridgehead atoms. The second kappa shape index (κ2) is 8.02. The molecule has 1 saturated heterocycles. The van der Waals surface area contributed by atoms with Gasteiger partial charge in [0.15, 0.2) is 11.5 Å². The molecular weight excluding hydrogens is 471 g/mol. The second-order valence-electron chi connectivity index (χ2n) is 8.58. The Balaban J connectivity index is 1.64. The lowest BCUT2D eigenvalue weighted by Crippen LogP contribution is -2.35. The average molecular weight is 491 g/mol. The van der Waals surface area contributed by atoms with Crippen LogP contribution < -0.4 is 16.2 Å². The first-order chi connectivity index (χ1) is 16.9. The van der Waals surface area contributed by atoms with Crippen molar-refractivity contribution in [2.75, 3.05) is 10.6 Å². The van der Waals surface area contributed by atoms with Crippen molar-refractivity contribution < 1.29 is 4.39 Å². The van der Waals surface area contributed by atoms with Crippen LogP contribution in [0.5, 0.6) is 0 Å². The fourth-order valence-electron chi connectivity index (χ4n) is 4.91. The predicted molar refractivity (Wildman–Crippen MR) is 132 cm³/mol. The van der Waals surface area contributed by atoms with Gasteiger partial charge in [0.25, 0.3) is 5.56 Å². The maximum absolute atomic E-state index is 14.3. The van der Waals surface area contributed by atoms with Crippen LogP contribution >= 0.6 is 11.6 Å². The number of rotatable bonds is 3. The maximum atomic E-state index is 14.3. The Hall–Kier alpha value is -4.05. The average Bonchev–Trinajstić information content (AvgIpc) is 3.44. The highest BCUT2D eigenvalue weighted by Gasteiger charge is 2.38. The Morgan fingerprint density at radius 1 is 1.14 bits per heavy atom. The lowest BCUT2D eigenvalue weighted by atomic mass is 10.1. The van der Waals surface area contributed by atoms with Gasteiger partial charge < -0.3 is 15.6 Å². The Labute approximate surface area is 203 Å². The zero-order chi connectivity index (χ0) is 24.3. The molecule has 0 radical (unpaired) electrons. The van der Waals surface area contributed by atoms with Gasteiger partial charge in [0.05, 0.1) is 34.0 Å². The number of aromatic amines is 1. The molecular formula is C24H20ClFN8O. The number of fused-ring (bicyclic) bond motifs is 2. The molecule has 1 aliphatic rings. The van der Waals surface area contributed by atoms with Crippen molar-refractivity contribution >= 4 is 45.4 Å². The van der Waals surface area contributed by atoms with Crippen molar-refractivity contribution in [3.8, 4) is 5.69 Å². The maximum Gasteiger partial charge on any atom is 0.267 e. The van der Waals surface area contributed by atoms with Gasteiger partial charge in [-0.05, 0) is 50.1 Å². The highest BCUT2D eigenvalue weighted by molar-refractivity contribution is 6.35. The summed E-state index contributed by atoms with van der Waals surface area (Å²) in [5.74, 6) is 0.674. The first-order valence-corrected chi connectivity index (χ1v) is 11.5. The summed E-state index contributed by atoms with van der Waals surface area (Å²) in [5, 5.41) is 0.568. The molecule has 6 rings (SSSR count). The van der Waals surface area contributed by atoms with E-state index in [1.54, 1.807) is 30.3 Å². The van der Waals surface area contributed by atoms with E-state index in [-0.39, 0.29) is 34.0 Å². The van der Waals surface area contributed by atoms with E-state index in [9.17, 15) is 9.18 Å². The first kappa shape index (κ1) is 21.5. The van der Waals surface area contributed by atoms with Crippen molar-refractivity contribution in [1.82, 2.24) is 29.5 Å². The number of hydrogen-bond acceptors (Lipinski definition) is 7. The van der Waals surface area contributed by atoms with Crippen molar-refractivity contribution in [3.63, 3.8) is 0 Å². The van der Waals surface area contributed by atoms with Crippen LogP contribution in [0.1, 0.15) is 31.6 Å². The van der Waals surface area contributed by atoms with Crippen LogP contribution in [0.15, 0.2) is 53.6 Å². The number of aromatic nitrogens is 6. The minimum atomic E-state index is -0.459. The van der Waals surface area contributed by atoms with Crippen LogP contribution in [0.4, 0.5) is 16.2 Å². The minimum Gasteiger partial charge on any atom is -0.368 e. The molecule has 0 unspecified atom stereocenters. The van der Waals surface area contributed by atoms with E-state index in [2.05, 4.69) is 31.8 Å². The molecule has 1 fully saturated rings. The highest BCUT2D eigenvalue weighted by atomic mass is 35.5. The van der Waals surface area contributed by atoms with Gasteiger partial charge in [-0.25, -0.2) is 14.4 Å². The lowest BCUT2D eigenvalue weighted by molar-refractivity contribution is 0.609. The summed E-state index contributed by atoms with van der Waals surface area (Å²) in [6.07, 6.45) is 3.04. The standard InChI is InChI=1S/C24H20ClFN8O/c1-12-8-9-17(33(12)22-19-20(29-11-28-19)31-24(27)32-22)21-30-16-7-3-6-15(25)18(16)23(35)34(21)14-5-2-4-13(26)10-14/h2-7,10-12,17H,8-9H2,1H3,(H3,27,28,29,31,32)/t12-,17-/m0/s1. The number of benzene rings is 2. The lowest BCUT2D eigenvalue weighted by Gasteiger charge is -2.31. The fraction of sp³-hybridized carbons (Fsp3) is 0.208. The smallest absolute Gasteiger partial charge is 0.267 e. The summed E-state index contributed by atoms with van der Waals surface area (Å²) in [6, 6.07) is 10.7. The largest absolute Gasteiger partial charge is 0.368 e. The molecule has 2 aromatic carbocycles. The monoisotopic (exact) mass is 490 g/mol. The van der Waals surface area contributed by atoms with Gasteiger partial charge in [0, 0.05) is 6.04 Å². The Bertz CT molecular complexity index is 1670. The van der Waals surface area contributed by atoms with Gasteiger partial charge in [-0.3, -0.25) is 9.36 Å². The Morgan fingerprint density at radius 2 is 1.97 bits per heavy atom. The number of hydrogen-bond donors (Lipinski definition) is 2. The third-order valence-electron chi connectivity index (χ3n) is 6.43. The Kier molecular flexibility index (Phi) is 4.92. The van der Waals surface area contributed by atoms with Crippen LogP contribution in [-0.4, -0.2) is 35.5 Å². The van der Waals surface area contributed by atoms with Gasteiger partial charge in [-0.15, -0.1) is 0 Å². The van der Waals surface area contributed by atoms with Crippen LogP contribution in [-0.2, 0) is 0 Å². The van der Waals surface area contributed by atoms with Crippen molar-refractivity contribution in [3.05, 3.63) is 75.8 Å². The Morgan fingerprint density at radius 3 is 2.80 bits per heavy atom. The van der Waals surface area contributed by atoms with E-state index in [1.165, 1.54) is 23.0 Å². The van der Waals surface area contributed by atoms with Gasteiger partial charge in [-0.1, -0.05) is 23.7 Å². The van der Waals surface area contributed by atoms with E-state index < -0.39 is 5.82 Å². The molecule has 4 heterocycles. The van der Waals surface area contributed by atoms with Crippen LogP contribution in [0.25, 0.3) is 27.8 Å². The van der Waals surface area contributed by atoms with Crippen molar-refractivity contribution in [1.29, 1.82) is 0 Å². The van der Waals surface area contributed by atoms with E-state index in [4.69, 9.17) is 22.3 Å². The van der Waals surface area contributed by atoms with Crippen molar-refractivity contribution in [2.24, 2.45) is 0 Å². The van der Waals surface area contributed by atoms with Gasteiger partial charge >= 0.3 is 0 Å². The number of nitrogens with two attached hydrogens (primary N) is 1. The molecule has 35 heavy (non-hydrogen) atoms. The van der Waals surface area contributed by atoms with Crippen LogP contribution in [0.3, 0.4) is 0 Å². The molecule has 0 spiro atoms. The van der Waals surface area contributed by atoms with E-state index in [0.717, 1.165) is 6.42 Å². The fourth-order valence-corrected chi connectivity index (χ4v) is 5.16. The summed E-state index contributed by atoms with van der Waals surface area (Å²) in [4.78, 5) is 36.9. The number of halogens is 2. The van der Waals surface area contributed by atoms with Gasteiger partial charge in [0.1, 0.15) is 17.2 Å². The normalized spacial score (nSPS) is 18.1. The van der Waals surface area contributed by atoms with Crippen LogP contribution in [0.2, 0.25) is 5.02 Å². The molecule has 9 nitrogen and oxygen atoms in total. The summed E-state index contributed by atoms with van der Waals surface area (Å²) in [5.41, 5.74) is 7.57. The summed E-state index contributed by atoms with van der Waals surface area (Å²) in [6.45, 7) is 2.07. The van der Waals surface area contributed by atoms with E-state index >= 15 is 0 Å². The number of nitrogen functional groups attached to an aromatic ring is 1. The van der Waals surface area contributed by atoms with Gasteiger partial charge in [-0.2, -0.15) is 9.97 Å². The second-order valence-corrected chi connectivity index (χ2v) is 8.99. The number of nitrogens with zero attached hydrogens (tertiary/aromatic N) is 6. The molecule has 0 amide bonds.